The van der Waals surface area contributed by atoms with Gasteiger partial charge in [0, 0.05) is 16.8 Å². The number of nitrogens with one attached hydrogen (secondary N) is 1. The minimum absolute atomic E-state index is 0.00687. The van der Waals surface area contributed by atoms with Crippen molar-refractivity contribution in [2.24, 2.45) is 5.41 Å². The molecule has 0 spiro atoms. The smallest absolute Gasteiger partial charge is 0.234 e. The lowest BCUT2D eigenvalue weighted by Crippen LogP contribution is -2.47. The number of amides is 1. The Kier molecular flexibility index (Phi) is 5.03. The molecule has 20 heavy (non-hydrogen) atoms. The normalized spacial score (nSPS) is 19.5. The van der Waals surface area contributed by atoms with E-state index in [0.29, 0.717) is 5.88 Å². The molecule has 1 amide bonds. The molecule has 0 saturated heterocycles. The van der Waals surface area contributed by atoms with Crippen molar-refractivity contribution < 1.29 is 4.79 Å². The van der Waals surface area contributed by atoms with Crippen LogP contribution in [0.3, 0.4) is 0 Å². The van der Waals surface area contributed by atoms with Gasteiger partial charge in [-0.1, -0.05) is 39.0 Å². The van der Waals surface area contributed by atoms with Gasteiger partial charge in [0.15, 0.2) is 0 Å². The lowest BCUT2D eigenvalue weighted by Gasteiger charge is -2.31. The van der Waals surface area contributed by atoms with Crippen molar-refractivity contribution in [3.05, 3.63) is 29.8 Å². The van der Waals surface area contributed by atoms with Gasteiger partial charge in [0.25, 0.3) is 0 Å². The van der Waals surface area contributed by atoms with E-state index in [0.717, 1.165) is 12.8 Å². The van der Waals surface area contributed by atoms with Gasteiger partial charge in [0.1, 0.15) is 0 Å². The molecule has 0 fully saturated rings. The molecule has 1 aromatic rings. The fourth-order valence-electron chi connectivity index (χ4n) is 2.42. The number of halogens is 1. The molecule has 0 saturated carbocycles. The van der Waals surface area contributed by atoms with Gasteiger partial charge in [-0.2, -0.15) is 0 Å². The first-order chi connectivity index (χ1) is 9.41. The second kappa shape index (κ2) is 6.40. The molecule has 0 aliphatic carbocycles. The number of carbonyl (C=O) groups excluding carboxylic acids is 1. The van der Waals surface area contributed by atoms with Crippen LogP contribution in [-0.4, -0.2) is 23.1 Å². The summed E-state index contributed by atoms with van der Waals surface area (Å²) < 4.78 is 0. The van der Waals surface area contributed by atoms with Crippen LogP contribution in [0.4, 0.5) is 0 Å². The van der Waals surface area contributed by atoms with Crippen molar-refractivity contribution in [3.63, 3.8) is 0 Å². The number of benzene rings is 1. The summed E-state index contributed by atoms with van der Waals surface area (Å²) in [6.07, 6.45) is 1.63. The summed E-state index contributed by atoms with van der Waals surface area (Å²) in [4.78, 5) is 13.7. The monoisotopic (exact) mass is 311 g/mol. The number of alkyl halides is 1. The largest absolute Gasteiger partial charge is 0.352 e. The Morgan fingerprint density at radius 3 is 2.75 bits per heavy atom. The Morgan fingerprint density at radius 2 is 2.15 bits per heavy atom. The third-order valence-electron chi connectivity index (χ3n) is 3.70. The Labute approximate surface area is 130 Å². The molecule has 2 rings (SSSR count). The summed E-state index contributed by atoms with van der Waals surface area (Å²) in [5.41, 5.74) is 1.31. The van der Waals surface area contributed by atoms with Crippen molar-refractivity contribution in [2.45, 2.75) is 49.8 Å². The van der Waals surface area contributed by atoms with E-state index in [4.69, 9.17) is 11.6 Å². The van der Waals surface area contributed by atoms with E-state index in [1.807, 2.05) is 12.1 Å². The first-order valence-electron chi connectivity index (χ1n) is 7.02. The minimum Gasteiger partial charge on any atom is -0.352 e. The Balaban J connectivity index is 1.99. The van der Waals surface area contributed by atoms with Gasteiger partial charge >= 0.3 is 0 Å². The van der Waals surface area contributed by atoms with Crippen LogP contribution in [-0.2, 0) is 11.2 Å². The average Bonchev–Trinajstić information content (AvgIpc) is 2.80. The molecule has 4 heteroatoms. The topological polar surface area (TPSA) is 29.1 Å². The van der Waals surface area contributed by atoms with Crippen molar-refractivity contribution in [1.82, 2.24) is 5.32 Å². The zero-order valence-corrected chi connectivity index (χ0v) is 13.9. The summed E-state index contributed by atoms with van der Waals surface area (Å²) >= 11 is 7.53. The second-order valence-corrected chi connectivity index (χ2v) is 7.95. The SMILES string of the molecule is CC(C)(C)C(CCCl)NC(=O)C1Cc2ccccc2S1. The standard InChI is InChI=1S/C16H22ClNOS/c1-16(2,3)14(8-9-17)18-15(19)13-10-11-6-4-5-7-12(11)20-13/h4-7,13-14H,8-10H2,1-3H3,(H,18,19). The van der Waals surface area contributed by atoms with Crippen LogP contribution in [0.1, 0.15) is 32.8 Å². The fourth-order valence-corrected chi connectivity index (χ4v) is 3.85. The molecular weight excluding hydrogens is 290 g/mol. The lowest BCUT2D eigenvalue weighted by atomic mass is 9.85. The summed E-state index contributed by atoms with van der Waals surface area (Å²) in [6, 6.07) is 8.38. The van der Waals surface area contributed by atoms with E-state index in [9.17, 15) is 4.79 Å². The molecule has 1 aromatic carbocycles. The zero-order chi connectivity index (χ0) is 14.8. The van der Waals surface area contributed by atoms with Crippen LogP contribution in [0.2, 0.25) is 0 Å². The van der Waals surface area contributed by atoms with E-state index in [-0.39, 0.29) is 22.6 Å². The maximum absolute atomic E-state index is 12.5. The zero-order valence-electron chi connectivity index (χ0n) is 12.3. The molecule has 2 unspecified atom stereocenters. The highest BCUT2D eigenvalue weighted by molar-refractivity contribution is 8.01. The predicted octanol–water partition coefficient (Wildman–Crippen LogP) is 3.86. The van der Waals surface area contributed by atoms with Gasteiger partial charge in [-0.05, 0) is 29.9 Å². The Hall–Kier alpha value is -0.670. The number of carbonyl (C=O) groups is 1. The molecule has 1 N–H and O–H groups in total. The van der Waals surface area contributed by atoms with Crippen LogP contribution in [0.25, 0.3) is 0 Å². The van der Waals surface area contributed by atoms with E-state index in [2.05, 4.69) is 38.2 Å². The van der Waals surface area contributed by atoms with Crippen LogP contribution in [0, 0.1) is 5.41 Å². The van der Waals surface area contributed by atoms with Crippen LogP contribution >= 0.6 is 23.4 Å². The predicted molar refractivity (Wildman–Crippen MR) is 86.5 cm³/mol. The van der Waals surface area contributed by atoms with Gasteiger partial charge in [-0.15, -0.1) is 23.4 Å². The van der Waals surface area contributed by atoms with Crippen LogP contribution < -0.4 is 5.32 Å². The molecule has 110 valence electrons. The molecule has 1 heterocycles. The molecular formula is C16H22ClNOS. The molecule has 0 radical (unpaired) electrons. The van der Waals surface area contributed by atoms with Crippen molar-refractivity contribution in [2.75, 3.05) is 5.88 Å². The van der Waals surface area contributed by atoms with Gasteiger partial charge < -0.3 is 5.32 Å². The van der Waals surface area contributed by atoms with Gasteiger partial charge in [0.2, 0.25) is 5.91 Å². The summed E-state index contributed by atoms with van der Waals surface area (Å²) in [5, 5.41) is 3.18. The quantitative estimate of drug-likeness (QED) is 0.855. The molecule has 0 bridgehead atoms. The average molecular weight is 312 g/mol. The molecule has 0 aromatic heterocycles. The lowest BCUT2D eigenvalue weighted by molar-refractivity contribution is -0.122. The highest BCUT2D eigenvalue weighted by atomic mass is 35.5. The maximum atomic E-state index is 12.5. The van der Waals surface area contributed by atoms with Crippen LogP contribution in [0.15, 0.2) is 29.2 Å². The van der Waals surface area contributed by atoms with E-state index >= 15 is 0 Å². The number of fused-ring (bicyclic) bond motifs is 1. The Bertz CT molecular complexity index is 459. The minimum atomic E-state index is -0.00687. The van der Waals surface area contributed by atoms with Crippen molar-refractivity contribution in [3.8, 4) is 0 Å². The number of hydrogen-bond acceptors (Lipinski definition) is 2. The van der Waals surface area contributed by atoms with Gasteiger partial charge in [0.05, 0.1) is 5.25 Å². The van der Waals surface area contributed by atoms with E-state index in [1.165, 1.54) is 10.5 Å². The van der Waals surface area contributed by atoms with Gasteiger partial charge in [-0.3, -0.25) is 4.79 Å². The Morgan fingerprint density at radius 1 is 1.45 bits per heavy atom. The van der Waals surface area contributed by atoms with Crippen LogP contribution in [0.5, 0.6) is 0 Å². The molecule has 1 aliphatic rings. The second-order valence-electron chi connectivity index (χ2n) is 6.32. The summed E-state index contributed by atoms with van der Waals surface area (Å²) in [6.45, 7) is 6.42. The number of hydrogen-bond donors (Lipinski definition) is 1. The summed E-state index contributed by atoms with van der Waals surface area (Å²) in [5.74, 6) is 0.705. The maximum Gasteiger partial charge on any atom is 0.234 e. The third-order valence-corrected chi connectivity index (χ3v) is 5.23. The highest BCUT2D eigenvalue weighted by Gasteiger charge is 2.32. The highest BCUT2D eigenvalue weighted by Crippen LogP contribution is 2.37. The van der Waals surface area contributed by atoms with Crippen molar-refractivity contribution in [1.29, 1.82) is 0 Å². The molecule has 2 nitrogen and oxygen atoms in total. The van der Waals surface area contributed by atoms with E-state index < -0.39 is 0 Å². The third kappa shape index (κ3) is 3.70. The summed E-state index contributed by atoms with van der Waals surface area (Å²) in [7, 11) is 0. The van der Waals surface area contributed by atoms with E-state index in [1.54, 1.807) is 11.8 Å². The first kappa shape index (κ1) is 15.7. The molecule has 2 atom stereocenters. The molecule has 1 aliphatic heterocycles. The number of rotatable bonds is 4. The van der Waals surface area contributed by atoms with Crippen molar-refractivity contribution >= 4 is 29.3 Å². The van der Waals surface area contributed by atoms with Gasteiger partial charge in [-0.25, -0.2) is 0 Å². The first-order valence-corrected chi connectivity index (χ1v) is 8.44. The fraction of sp³-hybridized carbons (Fsp3) is 0.562. The number of thioether (sulfide) groups is 1.